The molecular formula is C19H17Cl2NO2S. The Morgan fingerprint density at radius 1 is 1.28 bits per heavy atom. The summed E-state index contributed by atoms with van der Waals surface area (Å²) < 4.78 is 2.18. The van der Waals surface area contributed by atoms with E-state index in [1.807, 2.05) is 30.3 Å². The molecule has 0 amide bonds. The number of benzene rings is 2. The van der Waals surface area contributed by atoms with E-state index in [1.165, 1.54) is 0 Å². The Hall–Kier alpha value is -1.77. The van der Waals surface area contributed by atoms with Gasteiger partial charge in [-0.3, -0.25) is 4.79 Å². The predicted octanol–water partition coefficient (Wildman–Crippen LogP) is 5.15. The van der Waals surface area contributed by atoms with Gasteiger partial charge in [0.1, 0.15) is 0 Å². The van der Waals surface area contributed by atoms with Crippen LogP contribution in [-0.2, 0) is 10.3 Å². The second-order valence-corrected chi connectivity index (χ2v) is 7.50. The standard InChI is InChI=1S/C19H16ClNO2S.ClH/c1-3-4-11-5-6-16-12(7-11)13-8-14(15(20)9-17(13)24-16)19(2,21)10-18(22)23;/h5-9H,10,21H2,1-2H3,(H,22,23);1H/t19-;/m0./s1. The maximum absolute atomic E-state index is 11.1. The van der Waals surface area contributed by atoms with Crippen LogP contribution >= 0.6 is 35.3 Å². The van der Waals surface area contributed by atoms with Gasteiger partial charge in [-0.25, -0.2) is 0 Å². The summed E-state index contributed by atoms with van der Waals surface area (Å²) >= 11 is 8.04. The first-order valence-electron chi connectivity index (χ1n) is 7.41. The Labute approximate surface area is 161 Å². The van der Waals surface area contributed by atoms with E-state index in [-0.39, 0.29) is 18.8 Å². The van der Waals surface area contributed by atoms with Gasteiger partial charge in [0, 0.05) is 30.8 Å². The van der Waals surface area contributed by atoms with Crippen LogP contribution in [0.4, 0.5) is 0 Å². The Morgan fingerprint density at radius 3 is 2.60 bits per heavy atom. The Bertz CT molecular complexity index is 1030. The van der Waals surface area contributed by atoms with Crippen LogP contribution < -0.4 is 5.73 Å². The Morgan fingerprint density at radius 2 is 1.96 bits per heavy atom. The molecular weight excluding hydrogens is 377 g/mol. The summed E-state index contributed by atoms with van der Waals surface area (Å²) in [6.45, 7) is 3.50. The highest BCUT2D eigenvalue weighted by Crippen LogP contribution is 2.40. The van der Waals surface area contributed by atoms with Crippen molar-refractivity contribution in [3.63, 3.8) is 0 Å². The summed E-state index contributed by atoms with van der Waals surface area (Å²) in [6, 6.07) is 9.88. The minimum atomic E-state index is -1.04. The predicted molar refractivity (Wildman–Crippen MR) is 108 cm³/mol. The first-order chi connectivity index (χ1) is 11.3. The molecule has 0 radical (unpaired) electrons. The Balaban J connectivity index is 0.00000225. The van der Waals surface area contributed by atoms with E-state index in [1.54, 1.807) is 25.2 Å². The van der Waals surface area contributed by atoms with Crippen LogP contribution in [0.5, 0.6) is 0 Å². The third-order valence-electron chi connectivity index (χ3n) is 3.96. The lowest BCUT2D eigenvalue weighted by Crippen LogP contribution is -2.35. The van der Waals surface area contributed by atoms with E-state index in [9.17, 15) is 4.79 Å². The molecule has 1 atom stereocenters. The fraction of sp³-hybridized carbons (Fsp3) is 0.211. The fourth-order valence-corrected chi connectivity index (χ4v) is 4.42. The molecule has 0 aliphatic carbocycles. The summed E-state index contributed by atoms with van der Waals surface area (Å²) in [5.74, 6) is 5.01. The molecule has 0 bridgehead atoms. The first kappa shape index (κ1) is 19.6. The van der Waals surface area contributed by atoms with Gasteiger partial charge in [0.15, 0.2) is 0 Å². The van der Waals surface area contributed by atoms with Crippen LogP contribution in [0.25, 0.3) is 20.2 Å². The van der Waals surface area contributed by atoms with Gasteiger partial charge in [-0.05, 0) is 49.7 Å². The molecule has 25 heavy (non-hydrogen) atoms. The lowest BCUT2D eigenvalue weighted by atomic mass is 9.88. The first-order valence-corrected chi connectivity index (χ1v) is 8.61. The number of thiophene rings is 1. The van der Waals surface area contributed by atoms with Gasteiger partial charge in [0.05, 0.1) is 12.0 Å². The number of hydrogen-bond acceptors (Lipinski definition) is 3. The molecule has 0 aliphatic rings. The summed E-state index contributed by atoms with van der Waals surface area (Å²) in [4.78, 5) is 11.1. The van der Waals surface area contributed by atoms with Gasteiger partial charge in [-0.2, -0.15) is 0 Å². The fourth-order valence-electron chi connectivity index (χ4n) is 2.87. The van der Waals surface area contributed by atoms with E-state index in [4.69, 9.17) is 22.4 Å². The van der Waals surface area contributed by atoms with Crippen LogP contribution in [0.3, 0.4) is 0 Å². The van der Waals surface area contributed by atoms with Crippen molar-refractivity contribution in [3.05, 3.63) is 46.5 Å². The number of hydrogen-bond donors (Lipinski definition) is 2. The maximum atomic E-state index is 11.1. The van der Waals surface area contributed by atoms with Crippen molar-refractivity contribution in [1.82, 2.24) is 0 Å². The van der Waals surface area contributed by atoms with Crippen LogP contribution in [0, 0.1) is 11.8 Å². The quantitative estimate of drug-likeness (QED) is 0.604. The number of nitrogens with two attached hydrogens (primary N) is 1. The molecule has 0 saturated heterocycles. The molecule has 3 aromatic rings. The normalized spacial score (nSPS) is 13.0. The molecule has 0 saturated carbocycles. The molecule has 3 N–H and O–H groups in total. The van der Waals surface area contributed by atoms with Crippen LogP contribution in [0.15, 0.2) is 30.3 Å². The molecule has 1 aromatic heterocycles. The van der Waals surface area contributed by atoms with Crippen LogP contribution in [-0.4, -0.2) is 11.1 Å². The van der Waals surface area contributed by atoms with Crippen molar-refractivity contribution in [2.75, 3.05) is 0 Å². The van der Waals surface area contributed by atoms with Gasteiger partial charge in [-0.15, -0.1) is 29.7 Å². The van der Waals surface area contributed by atoms with E-state index >= 15 is 0 Å². The van der Waals surface area contributed by atoms with E-state index in [2.05, 4.69) is 11.8 Å². The lowest BCUT2D eigenvalue weighted by Gasteiger charge is -2.24. The van der Waals surface area contributed by atoms with Crippen LogP contribution in [0.1, 0.15) is 31.4 Å². The van der Waals surface area contributed by atoms with Crippen molar-refractivity contribution < 1.29 is 9.90 Å². The summed E-state index contributed by atoms with van der Waals surface area (Å²) in [7, 11) is 0. The van der Waals surface area contributed by atoms with E-state index < -0.39 is 11.5 Å². The molecule has 6 heteroatoms. The second-order valence-electron chi connectivity index (χ2n) is 6.00. The molecule has 130 valence electrons. The molecule has 3 nitrogen and oxygen atoms in total. The summed E-state index contributed by atoms with van der Waals surface area (Å²) in [6.07, 6.45) is -0.188. The van der Waals surface area contributed by atoms with E-state index in [0.717, 1.165) is 25.7 Å². The summed E-state index contributed by atoms with van der Waals surface area (Å²) in [5.41, 5.74) is 6.79. The number of carboxylic acid groups (broad SMARTS) is 1. The topological polar surface area (TPSA) is 63.3 Å². The third-order valence-corrected chi connectivity index (χ3v) is 5.41. The van der Waals surface area contributed by atoms with Crippen molar-refractivity contribution >= 4 is 61.5 Å². The second kappa shape index (κ2) is 7.23. The average Bonchev–Trinajstić information content (AvgIpc) is 2.82. The molecule has 0 fully saturated rings. The number of halogens is 2. The molecule has 2 aromatic carbocycles. The number of rotatable bonds is 3. The molecule has 3 rings (SSSR count). The molecule has 1 heterocycles. The lowest BCUT2D eigenvalue weighted by molar-refractivity contribution is -0.138. The zero-order valence-electron chi connectivity index (χ0n) is 13.7. The van der Waals surface area contributed by atoms with Crippen molar-refractivity contribution in [1.29, 1.82) is 0 Å². The smallest absolute Gasteiger partial charge is 0.305 e. The minimum absolute atomic E-state index is 0. The molecule has 0 unspecified atom stereocenters. The van der Waals surface area contributed by atoms with Gasteiger partial charge in [-0.1, -0.05) is 17.5 Å². The minimum Gasteiger partial charge on any atom is -0.481 e. The zero-order chi connectivity index (χ0) is 17.5. The van der Waals surface area contributed by atoms with Crippen molar-refractivity contribution in [2.45, 2.75) is 25.8 Å². The van der Waals surface area contributed by atoms with Gasteiger partial charge in [0.2, 0.25) is 0 Å². The summed E-state index contributed by atoms with van der Waals surface area (Å²) in [5, 5.41) is 11.7. The van der Waals surface area contributed by atoms with E-state index in [0.29, 0.717) is 10.6 Å². The van der Waals surface area contributed by atoms with Crippen molar-refractivity contribution in [3.8, 4) is 11.8 Å². The van der Waals surface area contributed by atoms with Gasteiger partial charge < -0.3 is 10.8 Å². The highest BCUT2D eigenvalue weighted by atomic mass is 35.5. The number of fused-ring (bicyclic) bond motifs is 3. The SMILES string of the molecule is CC#Cc1ccc2sc3cc(Cl)c([C@@](C)(N)CC(=O)O)cc3c2c1.Cl. The Kier molecular flexibility index (Phi) is 5.65. The third kappa shape index (κ3) is 3.75. The number of aliphatic carboxylic acids is 1. The largest absolute Gasteiger partial charge is 0.481 e. The van der Waals surface area contributed by atoms with Crippen LogP contribution in [0.2, 0.25) is 5.02 Å². The molecule has 0 aliphatic heterocycles. The van der Waals surface area contributed by atoms with Crippen molar-refractivity contribution in [2.24, 2.45) is 5.73 Å². The number of carboxylic acids is 1. The molecule has 0 spiro atoms. The average molecular weight is 394 g/mol. The van der Waals surface area contributed by atoms with Gasteiger partial charge >= 0.3 is 5.97 Å². The highest BCUT2D eigenvalue weighted by Gasteiger charge is 2.28. The maximum Gasteiger partial charge on any atom is 0.305 e. The number of carbonyl (C=O) groups is 1. The monoisotopic (exact) mass is 393 g/mol. The zero-order valence-corrected chi connectivity index (χ0v) is 16.1. The highest BCUT2D eigenvalue weighted by molar-refractivity contribution is 7.25. The van der Waals surface area contributed by atoms with Gasteiger partial charge in [0.25, 0.3) is 0 Å².